The molecule has 0 saturated carbocycles. The number of carbonyl (C=O) groups excluding carboxylic acids is 3. The number of pyridine rings is 1. The molecular formula is C22H20N4NaO8S2. The number of carbonyl (C=O) groups is 4. The Morgan fingerprint density at radius 3 is 2.35 bits per heavy atom. The maximum atomic E-state index is 12.9. The summed E-state index contributed by atoms with van der Waals surface area (Å²) in [7, 11) is -5.10. The molecule has 4 rings (SSSR count). The van der Waals surface area contributed by atoms with E-state index >= 15 is 0 Å². The third kappa shape index (κ3) is 5.89. The molecule has 1 aromatic heterocycles. The molecule has 0 bridgehead atoms. The van der Waals surface area contributed by atoms with Crippen molar-refractivity contribution in [2.24, 2.45) is 5.73 Å². The van der Waals surface area contributed by atoms with Crippen molar-refractivity contribution in [3.8, 4) is 0 Å². The quantitative estimate of drug-likeness (QED) is 0.154. The number of hydrogen-bond acceptors (Lipinski definition) is 8. The first-order chi connectivity index (χ1) is 17.0. The van der Waals surface area contributed by atoms with E-state index in [-0.39, 0.29) is 58.7 Å². The van der Waals surface area contributed by atoms with Crippen LogP contribution < -0.4 is 15.6 Å². The van der Waals surface area contributed by atoms with Gasteiger partial charge >= 0.3 is 5.97 Å². The predicted molar refractivity (Wildman–Crippen MR) is 129 cm³/mol. The SMILES string of the molecule is NC(=O)c1cc[n+](CC2=C(C(=O)O)N3C(=O)[C@@H](NC(=O)[C@@H](c4ccccc4)S(=O)(=O)[O-])[C@H]3SC2)cc1.[Na]. The number of benzene rings is 1. The number of nitrogens with one attached hydrogen (secondary N) is 1. The molecule has 4 N–H and O–H groups in total. The first-order valence-corrected chi connectivity index (χ1v) is 13.0. The number of β-lactam (4-membered cyclic amide) rings is 1. The smallest absolute Gasteiger partial charge is 0.352 e. The second-order valence-corrected chi connectivity index (χ2v) is 10.6. The zero-order chi connectivity index (χ0) is 26.2. The Morgan fingerprint density at radius 1 is 1.19 bits per heavy atom. The van der Waals surface area contributed by atoms with Crippen LogP contribution in [-0.2, 0) is 31.0 Å². The van der Waals surface area contributed by atoms with Crippen molar-refractivity contribution in [1.29, 1.82) is 0 Å². The second-order valence-electron chi connectivity index (χ2n) is 8.06. The average Bonchev–Trinajstić information content (AvgIpc) is 2.82. The van der Waals surface area contributed by atoms with Crippen LogP contribution in [0.3, 0.4) is 0 Å². The largest absolute Gasteiger partial charge is 0.747 e. The standard InChI is InChI=1S/C22H20N4O8S2.Na/c23-18(27)13-6-8-25(9-7-13)10-14-11-35-21-15(20(29)26(21)16(14)22(30)31)24-19(28)17(36(32,33)34)12-4-2-1-3-5-12;/h1-9,15,17,21H,10-11H2,(H4-,23,24,27,28,30,31,32,33,34);/t15-,17-,21-;/m1./s1. The van der Waals surface area contributed by atoms with Crippen molar-refractivity contribution in [2.75, 3.05) is 5.75 Å². The molecular weight excluding hydrogens is 535 g/mol. The molecule has 1 aromatic carbocycles. The Labute approximate surface area is 237 Å². The van der Waals surface area contributed by atoms with Gasteiger partial charge in [0.15, 0.2) is 24.2 Å². The van der Waals surface area contributed by atoms with E-state index < -0.39 is 50.5 Å². The number of aromatic nitrogens is 1. The maximum absolute atomic E-state index is 12.9. The fourth-order valence-corrected chi connectivity index (χ4v) is 6.21. The van der Waals surface area contributed by atoms with Gasteiger partial charge in [-0.2, -0.15) is 0 Å². The van der Waals surface area contributed by atoms with Crippen molar-refractivity contribution < 1.29 is 41.8 Å². The van der Waals surface area contributed by atoms with E-state index in [4.69, 9.17) is 5.73 Å². The number of nitrogens with zero attached hydrogens (tertiary/aromatic N) is 2. The van der Waals surface area contributed by atoms with Crippen molar-refractivity contribution >= 4 is 75.1 Å². The van der Waals surface area contributed by atoms with Crippen LogP contribution in [-0.4, -0.2) is 93.4 Å². The van der Waals surface area contributed by atoms with E-state index in [1.165, 1.54) is 48.2 Å². The average molecular weight is 556 g/mol. The molecule has 12 nitrogen and oxygen atoms in total. The summed E-state index contributed by atoms with van der Waals surface area (Å²) in [4.78, 5) is 50.0. The maximum Gasteiger partial charge on any atom is 0.352 e. The van der Waals surface area contributed by atoms with Gasteiger partial charge in [0.05, 0.1) is 5.56 Å². The van der Waals surface area contributed by atoms with Crippen LogP contribution in [0.5, 0.6) is 0 Å². The number of fused-ring (bicyclic) bond motifs is 1. The molecule has 3 atom stereocenters. The van der Waals surface area contributed by atoms with Crippen LogP contribution in [0.2, 0.25) is 0 Å². The topological polar surface area (TPSA) is 191 Å². The summed E-state index contributed by atoms with van der Waals surface area (Å²) in [6.45, 7) is 0.117. The van der Waals surface area contributed by atoms with E-state index in [1.807, 2.05) is 0 Å². The zero-order valence-corrected chi connectivity index (χ0v) is 23.1. The van der Waals surface area contributed by atoms with Crippen molar-refractivity contribution in [3.05, 3.63) is 77.3 Å². The molecule has 189 valence electrons. The minimum absolute atomic E-state index is 0. The van der Waals surface area contributed by atoms with Crippen LogP contribution in [0.4, 0.5) is 0 Å². The van der Waals surface area contributed by atoms with E-state index in [1.54, 1.807) is 23.0 Å². The van der Waals surface area contributed by atoms with Crippen LogP contribution >= 0.6 is 11.8 Å². The molecule has 3 amide bonds. The van der Waals surface area contributed by atoms with E-state index in [0.717, 1.165) is 4.90 Å². The number of aliphatic carboxylic acids is 1. The molecule has 0 spiro atoms. The fraction of sp³-hybridized carbons (Fsp3) is 0.227. The Hall–Kier alpha value is -2.75. The first kappa shape index (κ1) is 28.8. The molecule has 15 heteroatoms. The van der Waals surface area contributed by atoms with Crippen molar-refractivity contribution in [1.82, 2.24) is 10.2 Å². The van der Waals surface area contributed by atoms with Crippen LogP contribution in [0, 0.1) is 0 Å². The monoisotopic (exact) mass is 555 g/mol. The van der Waals surface area contributed by atoms with Gasteiger partial charge in [-0.3, -0.25) is 19.3 Å². The summed E-state index contributed by atoms with van der Waals surface area (Å²) in [6, 6.07) is 8.92. The number of carboxylic acids is 1. The number of primary amides is 1. The number of amides is 3. The van der Waals surface area contributed by atoms with Crippen LogP contribution in [0.1, 0.15) is 21.2 Å². The Kier molecular flexibility index (Phi) is 8.82. The Bertz CT molecular complexity index is 1380. The van der Waals surface area contributed by atoms with Gasteiger partial charge in [-0.1, -0.05) is 30.3 Å². The summed E-state index contributed by atoms with van der Waals surface area (Å²) < 4.78 is 37.1. The zero-order valence-electron chi connectivity index (χ0n) is 19.4. The van der Waals surface area contributed by atoms with Gasteiger partial charge < -0.3 is 20.7 Å². The summed E-state index contributed by atoms with van der Waals surface area (Å²) in [5, 5.41) is 9.29. The first-order valence-electron chi connectivity index (χ1n) is 10.5. The van der Waals surface area contributed by atoms with Gasteiger partial charge in [-0.25, -0.2) is 17.8 Å². The number of thioether (sulfide) groups is 1. The Morgan fingerprint density at radius 2 is 1.81 bits per heavy atom. The third-order valence-corrected chi connectivity index (χ3v) is 8.13. The van der Waals surface area contributed by atoms with Crippen LogP contribution in [0.25, 0.3) is 0 Å². The minimum atomic E-state index is -5.10. The van der Waals surface area contributed by atoms with Crippen LogP contribution in [0.15, 0.2) is 66.1 Å². The van der Waals surface area contributed by atoms with Gasteiger partial charge in [0.2, 0.25) is 11.8 Å². The molecule has 3 heterocycles. The number of rotatable bonds is 8. The number of nitrogens with two attached hydrogens (primary N) is 1. The third-order valence-electron chi connectivity index (χ3n) is 5.73. The van der Waals surface area contributed by atoms with Gasteiger partial charge in [-0.05, 0) is 5.56 Å². The van der Waals surface area contributed by atoms with E-state index in [2.05, 4.69) is 5.32 Å². The molecule has 1 fully saturated rings. The minimum Gasteiger partial charge on any atom is -0.747 e. The molecule has 0 unspecified atom stereocenters. The van der Waals surface area contributed by atoms with Crippen molar-refractivity contribution in [3.63, 3.8) is 0 Å². The van der Waals surface area contributed by atoms with Gasteiger partial charge in [0, 0.05) is 53.0 Å². The van der Waals surface area contributed by atoms with E-state index in [0.29, 0.717) is 5.57 Å². The molecule has 2 aromatic rings. The number of hydrogen-bond donors (Lipinski definition) is 3. The predicted octanol–water partition coefficient (Wildman–Crippen LogP) is -1.28. The van der Waals surface area contributed by atoms with E-state index in [9.17, 15) is 37.3 Å². The summed E-state index contributed by atoms with van der Waals surface area (Å²) in [5.74, 6) is -3.64. The molecule has 2 aliphatic heterocycles. The molecule has 2 aliphatic rings. The molecule has 37 heavy (non-hydrogen) atoms. The molecule has 1 saturated heterocycles. The normalized spacial score (nSPS) is 19.7. The summed E-state index contributed by atoms with van der Waals surface area (Å²) in [6.07, 6.45) is 3.11. The molecule has 0 aliphatic carbocycles. The summed E-state index contributed by atoms with van der Waals surface area (Å²) >= 11 is 1.19. The fourth-order valence-electron chi connectivity index (χ4n) is 4.06. The van der Waals surface area contributed by atoms with Gasteiger partial charge in [-0.15, -0.1) is 11.8 Å². The summed E-state index contributed by atoms with van der Waals surface area (Å²) in [5.41, 5.74) is 5.64. The molecule has 1 radical (unpaired) electrons. The number of carboxylic acid groups (broad SMARTS) is 1. The second kappa shape index (κ2) is 11.3. The van der Waals surface area contributed by atoms with Crippen molar-refractivity contribution in [2.45, 2.75) is 23.2 Å². The Balaban J connectivity index is 0.00000380. The van der Waals surface area contributed by atoms with Gasteiger partial charge in [0.25, 0.3) is 5.91 Å². The van der Waals surface area contributed by atoms with Gasteiger partial charge in [0.1, 0.15) is 27.2 Å².